The minimum atomic E-state index is -0.834. The second-order valence-electron chi connectivity index (χ2n) is 3.71. The summed E-state index contributed by atoms with van der Waals surface area (Å²) in [6.45, 7) is 1.65. The SMILES string of the molecule is CC(Cc1onc2ccc(Br)cc12)C(=O)O. The Balaban J connectivity index is 2.37. The van der Waals surface area contributed by atoms with Gasteiger partial charge in [-0.05, 0) is 18.2 Å². The van der Waals surface area contributed by atoms with E-state index in [1.54, 1.807) is 6.92 Å². The van der Waals surface area contributed by atoms with Crippen molar-refractivity contribution in [1.82, 2.24) is 5.16 Å². The van der Waals surface area contributed by atoms with Gasteiger partial charge in [0.15, 0.2) is 0 Å². The average Bonchev–Trinajstić information content (AvgIpc) is 2.61. The van der Waals surface area contributed by atoms with E-state index in [-0.39, 0.29) is 0 Å². The number of halogens is 1. The number of fused-ring (bicyclic) bond motifs is 1. The summed E-state index contributed by atoms with van der Waals surface area (Å²) in [6, 6.07) is 5.59. The van der Waals surface area contributed by atoms with Crippen LogP contribution in [-0.4, -0.2) is 16.2 Å². The van der Waals surface area contributed by atoms with Crippen LogP contribution in [0.2, 0.25) is 0 Å². The van der Waals surface area contributed by atoms with Gasteiger partial charge in [0.25, 0.3) is 0 Å². The van der Waals surface area contributed by atoms with Gasteiger partial charge < -0.3 is 9.63 Å². The van der Waals surface area contributed by atoms with Crippen molar-refractivity contribution < 1.29 is 14.4 Å². The highest BCUT2D eigenvalue weighted by molar-refractivity contribution is 9.10. The van der Waals surface area contributed by atoms with E-state index in [1.165, 1.54) is 0 Å². The summed E-state index contributed by atoms with van der Waals surface area (Å²) in [6.07, 6.45) is 0.349. The topological polar surface area (TPSA) is 63.3 Å². The molecule has 0 radical (unpaired) electrons. The van der Waals surface area contributed by atoms with Crippen molar-refractivity contribution in [1.29, 1.82) is 0 Å². The van der Waals surface area contributed by atoms with E-state index in [9.17, 15) is 4.79 Å². The molecule has 1 N–H and O–H groups in total. The minimum absolute atomic E-state index is 0.349. The number of aliphatic carboxylic acids is 1. The average molecular weight is 284 g/mol. The van der Waals surface area contributed by atoms with Crippen LogP contribution in [0.1, 0.15) is 12.7 Å². The highest BCUT2D eigenvalue weighted by Crippen LogP contribution is 2.24. The molecule has 1 unspecified atom stereocenters. The molecular formula is C11H10BrNO3. The van der Waals surface area contributed by atoms with E-state index in [1.807, 2.05) is 18.2 Å². The number of carbonyl (C=O) groups is 1. The number of nitrogens with zero attached hydrogens (tertiary/aromatic N) is 1. The van der Waals surface area contributed by atoms with E-state index < -0.39 is 11.9 Å². The summed E-state index contributed by atoms with van der Waals surface area (Å²) < 4.78 is 6.08. The van der Waals surface area contributed by atoms with Crippen LogP contribution in [0.25, 0.3) is 10.9 Å². The quantitative estimate of drug-likeness (QED) is 0.941. The fourth-order valence-electron chi connectivity index (χ4n) is 1.48. The summed E-state index contributed by atoms with van der Waals surface area (Å²) in [5, 5.41) is 13.6. The van der Waals surface area contributed by atoms with Gasteiger partial charge in [0, 0.05) is 16.3 Å². The van der Waals surface area contributed by atoms with Crippen LogP contribution in [0.15, 0.2) is 27.2 Å². The fraction of sp³-hybridized carbons (Fsp3) is 0.273. The third kappa shape index (κ3) is 2.09. The first kappa shape index (κ1) is 11.1. The molecule has 0 aliphatic rings. The maximum atomic E-state index is 10.8. The van der Waals surface area contributed by atoms with E-state index >= 15 is 0 Å². The number of carboxylic acid groups (broad SMARTS) is 1. The second-order valence-corrected chi connectivity index (χ2v) is 4.63. The summed E-state index contributed by atoms with van der Waals surface area (Å²) in [5.41, 5.74) is 0.746. The molecule has 0 bridgehead atoms. The zero-order valence-corrected chi connectivity index (χ0v) is 10.2. The van der Waals surface area contributed by atoms with E-state index in [4.69, 9.17) is 9.63 Å². The Morgan fingerprint density at radius 2 is 2.38 bits per heavy atom. The number of aromatic nitrogens is 1. The Bertz CT molecular complexity index is 535. The molecule has 0 aliphatic carbocycles. The molecule has 0 saturated heterocycles. The predicted molar refractivity (Wildman–Crippen MR) is 62.2 cm³/mol. The zero-order valence-electron chi connectivity index (χ0n) is 8.61. The van der Waals surface area contributed by atoms with Crippen LogP contribution in [0.4, 0.5) is 0 Å². The number of benzene rings is 1. The third-order valence-electron chi connectivity index (χ3n) is 2.43. The molecule has 1 aromatic heterocycles. The lowest BCUT2D eigenvalue weighted by Gasteiger charge is -2.02. The Hall–Kier alpha value is -1.36. The summed E-state index contributed by atoms with van der Waals surface area (Å²) in [5.74, 6) is -0.694. The zero-order chi connectivity index (χ0) is 11.7. The first-order chi connectivity index (χ1) is 7.58. The van der Waals surface area contributed by atoms with Crippen molar-refractivity contribution in [2.24, 2.45) is 5.92 Å². The van der Waals surface area contributed by atoms with Gasteiger partial charge in [0.2, 0.25) is 0 Å². The van der Waals surface area contributed by atoms with Gasteiger partial charge in [-0.25, -0.2) is 0 Å². The molecule has 0 amide bonds. The van der Waals surface area contributed by atoms with Gasteiger partial charge in [0.05, 0.1) is 5.92 Å². The molecule has 1 aromatic carbocycles. The van der Waals surface area contributed by atoms with E-state index in [2.05, 4.69) is 21.1 Å². The summed E-state index contributed by atoms with van der Waals surface area (Å²) in [7, 11) is 0. The molecule has 0 fully saturated rings. The fourth-order valence-corrected chi connectivity index (χ4v) is 1.84. The monoisotopic (exact) mass is 283 g/mol. The number of carboxylic acids is 1. The summed E-state index contributed by atoms with van der Waals surface area (Å²) in [4.78, 5) is 10.8. The van der Waals surface area contributed by atoms with Crippen LogP contribution in [-0.2, 0) is 11.2 Å². The standard InChI is InChI=1S/C11H10BrNO3/c1-6(11(14)15)4-10-8-5-7(12)2-3-9(8)13-16-10/h2-3,5-6H,4H2,1H3,(H,14,15). The molecule has 5 heteroatoms. The summed E-state index contributed by atoms with van der Waals surface area (Å²) >= 11 is 3.36. The minimum Gasteiger partial charge on any atom is -0.481 e. The molecule has 0 saturated carbocycles. The Labute approximate surface area is 100 Å². The van der Waals surface area contributed by atoms with E-state index in [0.29, 0.717) is 12.2 Å². The molecule has 2 aromatic rings. The van der Waals surface area contributed by atoms with Crippen LogP contribution in [0.3, 0.4) is 0 Å². The molecule has 1 heterocycles. The first-order valence-electron chi connectivity index (χ1n) is 4.84. The number of hydrogen-bond acceptors (Lipinski definition) is 3. The molecule has 16 heavy (non-hydrogen) atoms. The molecule has 1 atom stereocenters. The van der Waals surface area contributed by atoms with Gasteiger partial charge in [-0.3, -0.25) is 4.79 Å². The van der Waals surface area contributed by atoms with Crippen LogP contribution in [0, 0.1) is 5.92 Å². The molecular weight excluding hydrogens is 274 g/mol. The molecule has 0 spiro atoms. The van der Waals surface area contributed by atoms with Crippen LogP contribution >= 0.6 is 15.9 Å². The molecule has 4 nitrogen and oxygen atoms in total. The third-order valence-corrected chi connectivity index (χ3v) is 2.92. The van der Waals surface area contributed by atoms with E-state index in [0.717, 1.165) is 15.4 Å². The number of rotatable bonds is 3. The van der Waals surface area contributed by atoms with Gasteiger partial charge in [-0.2, -0.15) is 0 Å². The lowest BCUT2D eigenvalue weighted by Crippen LogP contribution is -2.11. The van der Waals surface area contributed by atoms with Crippen molar-refractivity contribution in [2.45, 2.75) is 13.3 Å². The van der Waals surface area contributed by atoms with Crippen molar-refractivity contribution in [3.8, 4) is 0 Å². The highest BCUT2D eigenvalue weighted by Gasteiger charge is 2.17. The highest BCUT2D eigenvalue weighted by atomic mass is 79.9. The van der Waals surface area contributed by atoms with Gasteiger partial charge in [-0.1, -0.05) is 28.0 Å². The first-order valence-corrected chi connectivity index (χ1v) is 5.64. The van der Waals surface area contributed by atoms with Gasteiger partial charge >= 0.3 is 5.97 Å². The van der Waals surface area contributed by atoms with Crippen molar-refractivity contribution in [3.05, 3.63) is 28.4 Å². The van der Waals surface area contributed by atoms with Gasteiger partial charge in [0.1, 0.15) is 11.3 Å². The maximum absolute atomic E-state index is 10.8. The lowest BCUT2D eigenvalue weighted by atomic mass is 10.0. The molecule has 84 valence electrons. The van der Waals surface area contributed by atoms with Crippen LogP contribution < -0.4 is 0 Å². The Morgan fingerprint density at radius 3 is 3.06 bits per heavy atom. The van der Waals surface area contributed by atoms with Crippen LogP contribution in [0.5, 0.6) is 0 Å². The number of hydrogen-bond donors (Lipinski definition) is 1. The second kappa shape index (κ2) is 4.25. The Kier molecular flexibility index (Phi) is 2.96. The normalized spacial score (nSPS) is 12.9. The Morgan fingerprint density at radius 1 is 1.62 bits per heavy atom. The lowest BCUT2D eigenvalue weighted by molar-refractivity contribution is -0.141. The van der Waals surface area contributed by atoms with Crippen molar-refractivity contribution in [2.75, 3.05) is 0 Å². The predicted octanol–water partition coefficient (Wildman–Crippen LogP) is 2.85. The largest absolute Gasteiger partial charge is 0.481 e. The smallest absolute Gasteiger partial charge is 0.306 e. The van der Waals surface area contributed by atoms with Crippen molar-refractivity contribution >= 4 is 32.8 Å². The van der Waals surface area contributed by atoms with Gasteiger partial charge in [-0.15, -0.1) is 0 Å². The maximum Gasteiger partial charge on any atom is 0.306 e. The molecule has 2 rings (SSSR count). The van der Waals surface area contributed by atoms with Crippen molar-refractivity contribution in [3.63, 3.8) is 0 Å². The molecule has 0 aliphatic heterocycles.